The summed E-state index contributed by atoms with van der Waals surface area (Å²) >= 11 is 0. The summed E-state index contributed by atoms with van der Waals surface area (Å²) in [6, 6.07) is 0. The molecule has 0 spiro atoms. The van der Waals surface area contributed by atoms with Gasteiger partial charge in [0.2, 0.25) is 11.8 Å². The number of nitrogens with zero attached hydrogens (tertiary/aromatic N) is 2. The summed E-state index contributed by atoms with van der Waals surface area (Å²) in [6.07, 6.45) is 0. The maximum atomic E-state index is 11.2. The molecule has 0 aliphatic carbocycles. The van der Waals surface area contributed by atoms with Gasteiger partial charge in [-0.25, -0.2) is 4.98 Å². The number of amides is 1. The van der Waals surface area contributed by atoms with Crippen LogP contribution in [0.4, 0.5) is 5.95 Å². The average molecular weight is 180 g/mol. The Balaban J connectivity index is 2.64. The quantitative estimate of drug-likeness (QED) is 0.597. The second-order valence-corrected chi connectivity index (χ2v) is 2.60. The highest BCUT2D eigenvalue weighted by atomic mass is 16.5. The van der Waals surface area contributed by atoms with Crippen molar-refractivity contribution < 1.29 is 9.53 Å². The van der Waals surface area contributed by atoms with Crippen LogP contribution in [0.1, 0.15) is 16.1 Å². The first-order valence-electron chi connectivity index (χ1n) is 3.71. The Morgan fingerprint density at radius 3 is 3.00 bits per heavy atom. The molecule has 6 heteroatoms. The van der Waals surface area contributed by atoms with Gasteiger partial charge in [-0.15, -0.1) is 0 Å². The fourth-order valence-electron chi connectivity index (χ4n) is 1.26. The number of methoxy groups -OCH3 is 1. The molecule has 1 amide bonds. The number of aromatic nitrogens is 2. The van der Waals surface area contributed by atoms with Crippen molar-refractivity contribution in [3.63, 3.8) is 0 Å². The predicted molar refractivity (Wildman–Crippen MR) is 44.2 cm³/mol. The van der Waals surface area contributed by atoms with Crippen LogP contribution in [0.5, 0.6) is 5.88 Å². The van der Waals surface area contributed by atoms with Crippen LogP contribution in [0.15, 0.2) is 0 Å². The van der Waals surface area contributed by atoms with Crippen LogP contribution >= 0.6 is 0 Å². The fourth-order valence-corrected chi connectivity index (χ4v) is 1.26. The zero-order chi connectivity index (χ0) is 9.42. The average Bonchev–Trinajstić information content (AvgIpc) is 2.46. The third-order valence-corrected chi connectivity index (χ3v) is 1.80. The molecule has 0 fully saturated rings. The van der Waals surface area contributed by atoms with E-state index in [9.17, 15) is 4.79 Å². The molecule has 0 radical (unpaired) electrons. The van der Waals surface area contributed by atoms with Gasteiger partial charge in [-0.05, 0) is 0 Å². The SMILES string of the molecule is COc1nc(N)nc2c1C(=O)NC2. The lowest BCUT2D eigenvalue weighted by molar-refractivity contribution is 0.0962. The highest BCUT2D eigenvalue weighted by Gasteiger charge is 2.26. The first-order valence-corrected chi connectivity index (χ1v) is 3.71. The van der Waals surface area contributed by atoms with Gasteiger partial charge in [-0.2, -0.15) is 4.98 Å². The van der Waals surface area contributed by atoms with E-state index < -0.39 is 0 Å². The Bertz CT molecular complexity index is 377. The summed E-state index contributed by atoms with van der Waals surface area (Å²) in [7, 11) is 1.44. The molecule has 2 heterocycles. The largest absolute Gasteiger partial charge is 0.480 e. The molecule has 0 saturated carbocycles. The van der Waals surface area contributed by atoms with Crippen molar-refractivity contribution in [3.8, 4) is 5.88 Å². The Morgan fingerprint density at radius 1 is 1.54 bits per heavy atom. The number of hydrogen-bond acceptors (Lipinski definition) is 5. The lowest BCUT2D eigenvalue weighted by Gasteiger charge is -2.03. The van der Waals surface area contributed by atoms with Crippen LogP contribution in [0.3, 0.4) is 0 Å². The number of ether oxygens (including phenoxy) is 1. The van der Waals surface area contributed by atoms with Gasteiger partial charge in [0.05, 0.1) is 19.3 Å². The Morgan fingerprint density at radius 2 is 2.31 bits per heavy atom. The van der Waals surface area contributed by atoms with Gasteiger partial charge < -0.3 is 15.8 Å². The molecule has 2 rings (SSSR count). The monoisotopic (exact) mass is 180 g/mol. The number of nitrogens with two attached hydrogens (primary N) is 1. The summed E-state index contributed by atoms with van der Waals surface area (Å²) in [4.78, 5) is 19.0. The number of carbonyl (C=O) groups excluding carboxylic acids is 1. The summed E-state index contributed by atoms with van der Waals surface area (Å²) < 4.78 is 4.92. The van der Waals surface area contributed by atoms with Crippen LogP contribution in [-0.4, -0.2) is 23.0 Å². The second-order valence-electron chi connectivity index (χ2n) is 2.60. The minimum Gasteiger partial charge on any atom is -0.480 e. The highest BCUT2D eigenvalue weighted by Crippen LogP contribution is 2.23. The van der Waals surface area contributed by atoms with E-state index in [-0.39, 0.29) is 17.7 Å². The normalized spacial score (nSPS) is 13.8. The van der Waals surface area contributed by atoms with Crippen LogP contribution in [-0.2, 0) is 6.54 Å². The summed E-state index contributed by atoms with van der Waals surface area (Å²) in [5.74, 6) is 0.136. The van der Waals surface area contributed by atoms with E-state index in [4.69, 9.17) is 10.5 Å². The molecular formula is C7H8N4O2. The molecule has 1 aromatic heterocycles. The van der Waals surface area contributed by atoms with Gasteiger partial charge >= 0.3 is 0 Å². The number of rotatable bonds is 1. The van der Waals surface area contributed by atoms with Crippen molar-refractivity contribution in [2.45, 2.75) is 6.54 Å². The standard InChI is InChI=1S/C7H8N4O2/c1-13-6-4-3(2-9-5(4)12)10-7(8)11-6/h2H2,1H3,(H,9,12)(H2,8,10,11). The van der Waals surface area contributed by atoms with Crippen LogP contribution < -0.4 is 15.8 Å². The third-order valence-electron chi connectivity index (χ3n) is 1.80. The molecule has 0 atom stereocenters. The molecule has 0 aromatic carbocycles. The number of anilines is 1. The molecule has 0 bridgehead atoms. The van der Waals surface area contributed by atoms with Crippen LogP contribution in [0.25, 0.3) is 0 Å². The van der Waals surface area contributed by atoms with E-state index in [0.29, 0.717) is 17.8 Å². The van der Waals surface area contributed by atoms with Gasteiger partial charge in [0.1, 0.15) is 5.56 Å². The number of hydrogen-bond donors (Lipinski definition) is 2. The Kier molecular flexibility index (Phi) is 1.54. The van der Waals surface area contributed by atoms with Crippen molar-refractivity contribution in [3.05, 3.63) is 11.3 Å². The topological polar surface area (TPSA) is 90.1 Å². The predicted octanol–water partition coefficient (Wildman–Crippen LogP) is -0.689. The molecule has 1 aliphatic rings. The van der Waals surface area contributed by atoms with Crippen LogP contribution in [0, 0.1) is 0 Å². The van der Waals surface area contributed by atoms with Gasteiger partial charge in [0, 0.05) is 0 Å². The maximum absolute atomic E-state index is 11.2. The molecule has 3 N–H and O–H groups in total. The summed E-state index contributed by atoms with van der Waals surface area (Å²) in [5, 5.41) is 2.61. The lowest BCUT2D eigenvalue weighted by atomic mass is 10.2. The number of fused-ring (bicyclic) bond motifs is 1. The third kappa shape index (κ3) is 1.07. The van der Waals surface area contributed by atoms with E-state index in [1.165, 1.54) is 7.11 Å². The van der Waals surface area contributed by atoms with Crippen molar-refractivity contribution >= 4 is 11.9 Å². The highest BCUT2D eigenvalue weighted by molar-refractivity contribution is 5.99. The van der Waals surface area contributed by atoms with E-state index >= 15 is 0 Å². The van der Waals surface area contributed by atoms with Crippen molar-refractivity contribution in [2.75, 3.05) is 12.8 Å². The molecule has 13 heavy (non-hydrogen) atoms. The fraction of sp³-hybridized carbons (Fsp3) is 0.286. The van der Waals surface area contributed by atoms with E-state index in [2.05, 4.69) is 15.3 Å². The van der Waals surface area contributed by atoms with Gasteiger partial charge in [0.25, 0.3) is 5.91 Å². The van der Waals surface area contributed by atoms with E-state index in [1.807, 2.05) is 0 Å². The summed E-state index contributed by atoms with van der Waals surface area (Å²) in [5.41, 5.74) is 6.39. The first kappa shape index (κ1) is 7.78. The smallest absolute Gasteiger partial charge is 0.259 e. The van der Waals surface area contributed by atoms with Gasteiger partial charge in [-0.3, -0.25) is 4.79 Å². The Labute approximate surface area is 74.1 Å². The molecule has 68 valence electrons. The number of carbonyl (C=O) groups is 1. The molecule has 1 aliphatic heterocycles. The minimum absolute atomic E-state index is 0.118. The molecule has 0 unspecified atom stereocenters. The van der Waals surface area contributed by atoms with E-state index in [0.717, 1.165) is 0 Å². The molecule has 0 saturated heterocycles. The Hall–Kier alpha value is -1.85. The van der Waals surface area contributed by atoms with Crippen molar-refractivity contribution in [1.82, 2.24) is 15.3 Å². The molecule has 1 aromatic rings. The lowest BCUT2D eigenvalue weighted by Crippen LogP contribution is -2.13. The zero-order valence-electron chi connectivity index (χ0n) is 7.00. The second kappa shape index (κ2) is 2.58. The zero-order valence-corrected chi connectivity index (χ0v) is 7.00. The van der Waals surface area contributed by atoms with Crippen molar-refractivity contribution in [2.24, 2.45) is 0 Å². The van der Waals surface area contributed by atoms with Gasteiger partial charge in [0.15, 0.2) is 0 Å². The molecular weight excluding hydrogens is 172 g/mol. The van der Waals surface area contributed by atoms with Gasteiger partial charge in [-0.1, -0.05) is 0 Å². The number of nitrogen functional groups attached to an aromatic ring is 1. The van der Waals surface area contributed by atoms with Crippen LogP contribution in [0.2, 0.25) is 0 Å². The minimum atomic E-state index is -0.216. The van der Waals surface area contributed by atoms with Crippen molar-refractivity contribution in [1.29, 1.82) is 0 Å². The summed E-state index contributed by atoms with van der Waals surface area (Å²) in [6.45, 7) is 0.386. The van der Waals surface area contributed by atoms with E-state index in [1.54, 1.807) is 0 Å². The number of nitrogens with one attached hydrogen (secondary N) is 1. The maximum Gasteiger partial charge on any atom is 0.259 e. The first-order chi connectivity index (χ1) is 6.22. The molecule has 6 nitrogen and oxygen atoms in total.